The van der Waals surface area contributed by atoms with Gasteiger partial charge >= 0.3 is 0 Å². The molecule has 0 amide bonds. The van der Waals surface area contributed by atoms with Gasteiger partial charge in [0.15, 0.2) is 0 Å². The fraction of sp³-hybridized carbons (Fsp3) is 0.312. The highest BCUT2D eigenvalue weighted by Crippen LogP contribution is 2.08. The minimum atomic E-state index is 0.496. The maximum absolute atomic E-state index is 8.89. The number of hydrogen-bond acceptors (Lipinski definition) is 2. The van der Waals surface area contributed by atoms with E-state index in [9.17, 15) is 0 Å². The average molecular weight is 253 g/mol. The van der Waals surface area contributed by atoms with E-state index in [-0.39, 0.29) is 0 Å². The van der Waals surface area contributed by atoms with Gasteiger partial charge in [-0.2, -0.15) is 5.26 Å². The van der Waals surface area contributed by atoms with E-state index < -0.39 is 0 Å². The molecule has 1 aromatic carbocycles. The van der Waals surface area contributed by atoms with Crippen LogP contribution in [0.4, 0.5) is 0 Å². The van der Waals surface area contributed by atoms with Crippen LogP contribution in [0.25, 0.3) is 0 Å². The van der Waals surface area contributed by atoms with Gasteiger partial charge in [0.1, 0.15) is 0 Å². The molecule has 3 heteroatoms. The Morgan fingerprint density at radius 2 is 2.11 bits per heavy atom. The molecule has 2 aromatic rings. The Bertz CT molecular complexity index is 576. The Hall–Kier alpha value is -2.05. The summed E-state index contributed by atoms with van der Waals surface area (Å²) in [6.45, 7) is 5.98. The van der Waals surface area contributed by atoms with Crippen molar-refractivity contribution < 1.29 is 0 Å². The van der Waals surface area contributed by atoms with E-state index in [1.165, 1.54) is 5.56 Å². The summed E-state index contributed by atoms with van der Waals surface area (Å²) in [5.41, 5.74) is 3.15. The normalized spacial score (nSPS) is 10.6. The molecule has 1 N–H and O–H groups in total. The highest BCUT2D eigenvalue weighted by Gasteiger charge is 2.00. The van der Waals surface area contributed by atoms with Crippen LogP contribution >= 0.6 is 0 Å². The zero-order chi connectivity index (χ0) is 13.7. The number of benzene rings is 1. The first kappa shape index (κ1) is 13.4. The quantitative estimate of drug-likeness (QED) is 0.890. The van der Waals surface area contributed by atoms with Crippen molar-refractivity contribution in [1.82, 2.24) is 9.88 Å². The first-order valence-corrected chi connectivity index (χ1v) is 6.54. The minimum Gasteiger partial charge on any atom is -0.350 e. The van der Waals surface area contributed by atoms with E-state index in [0.29, 0.717) is 11.6 Å². The third-order valence-electron chi connectivity index (χ3n) is 2.95. The van der Waals surface area contributed by atoms with Crippen LogP contribution in [-0.4, -0.2) is 10.6 Å². The minimum absolute atomic E-state index is 0.496. The van der Waals surface area contributed by atoms with Crippen molar-refractivity contribution >= 4 is 0 Å². The van der Waals surface area contributed by atoms with Gasteiger partial charge in [0.25, 0.3) is 0 Å². The van der Waals surface area contributed by atoms with Crippen LogP contribution in [0, 0.1) is 11.3 Å². The molecule has 19 heavy (non-hydrogen) atoms. The van der Waals surface area contributed by atoms with E-state index in [2.05, 4.69) is 48.3 Å². The van der Waals surface area contributed by atoms with Crippen molar-refractivity contribution in [2.75, 3.05) is 0 Å². The fourth-order valence-electron chi connectivity index (χ4n) is 1.97. The molecule has 0 unspecified atom stereocenters. The van der Waals surface area contributed by atoms with Crippen molar-refractivity contribution in [2.45, 2.75) is 33.0 Å². The van der Waals surface area contributed by atoms with E-state index in [4.69, 9.17) is 5.26 Å². The Kier molecular flexibility index (Phi) is 4.38. The molecule has 98 valence electrons. The molecule has 0 aliphatic heterocycles. The molecule has 0 aliphatic carbocycles. The monoisotopic (exact) mass is 253 g/mol. The number of nitrogens with one attached hydrogen (secondary N) is 1. The number of nitrogens with zero attached hydrogens (tertiary/aromatic N) is 2. The lowest BCUT2D eigenvalue weighted by molar-refractivity contribution is 0.588. The summed E-state index contributed by atoms with van der Waals surface area (Å²) in [6, 6.07) is 12.5. The van der Waals surface area contributed by atoms with Crippen LogP contribution in [0.2, 0.25) is 0 Å². The summed E-state index contributed by atoms with van der Waals surface area (Å²) >= 11 is 0. The van der Waals surface area contributed by atoms with E-state index >= 15 is 0 Å². The van der Waals surface area contributed by atoms with Gasteiger partial charge in [-0.05, 0) is 29.3 Å². The lowest BCUT2D eigenvalue weighted by Gasteiger charge is -2.06. The molecule has 0 radical (unpaired) electrons. The maximum atomic E-state index is 8.89. The lowest BCUT2D eigenvalue weighted by Crippen LogP contribution is -2.21. The summed E-state index contributed by atoms with van der Waals surface area (Å²) in [6.07, 6.45) is 4.23. The van der Waals surface area contributed by atoms with Gasteiger partial charge in [0.2, 0.25) is 0 Å². The molecule has 0 bridgehead atoms. The summed E-state index contributed by atoms with van der Waals surface area (Å²) in [4.78, 5) is 0. The second kappa shape index (κ2) is 6.21. The molecule has 1 heterocycles. The van der Waals surface area contributed by atoms with Crippen molar-refractivity contribution in [3.8, 4) is 6.07 Å². The summed E-state index contributed by atoms with van der Waals surface area (Å²) in [5.74, 6) is 0. The highest BCUT2D eigenvalue weighted by molar-refractivity contribution is 5.33. The van der Waals surface area contributed by atoms with Crippen molar-refractivity contribution in [3.05, 3.63) is 59.4 Å². The number of aromatic nitrogens is 1. The smallest absolute Gasteiger partial charge is 0.0991 e. The van der Waals surface area contributed by atoms with Crippen LogP contribution in [0.15, 0.2) is 42.7 Å². The van der Waals surface area contributed by atoms with E-state index in [1.807, 2.05) is 24.3 Å². The van der Waals surface area contributed by atoms with Gasteiger partial charge in [-0.25, -0.2) is 0 Å². The predicted octanol–water partition coefficient (Wildman–Crippen LogP) is 2.91. The Balaban J connectivity index is 2.01. The Morgan fingerprint density at radius 1 is 1.26 bits per heavy atom. The molecule has 0 aliphatic rings. The highest BCUT2D eigenvalue weighted by atomic mass is 14.9. The first-order valence-electron chi connectivity index (χ1n) is 6.54. The van der Waals surface area contributed by atoms with Gasteiger partial charge in [-0.3, -0.25) is 0 Å². The van der Waals surface area contributed by atoms with Gasteiger partial charge in [0, 0.05) is 31.5 Å². The predicted molar refractivity (Wildman–Crippen MR) is 76.7 cm³/mol. The molecular weight excluding hydrogens is 234 g/mol. The van der Waals surface area contributed by atoms with Crippen LogP contribution < -0.4 is 5.32 Å². The Labute approximate surface area is 114 Å². The second-order valence-electron chi connectivity index (χ2n) is 5.04. The zero-order valence-electron chi connectivity index (χ0n) is 11.4. The van der Waals surface area contributed by atoms with Crippen LogP contribution in [0.5, 0.6) is 0 Å². The van der Waals surface area contributed by atoms with E-state index in [1.54, 1.807) is 0 Å². The molecule has 1 aromatic heterocycles. The van der Waals surface area contributed by atoms with Crippen molar-refractivity contribution in [1.29, 1.82) is 5.26 Å². The molecule has 0 spiro atoms. The molecule has 3 nitrogen and oxygen atoms in total. The molecule has 2 rings (SSSR count). The number of nitriles is 1. The Morgan fingerprint density at radius 3 is 2.84 bits per heavy atom. The van der Waals surface area contributed by atoms with Gasteiger partial charge in [0.05, 0.1) is 11.6 Å². The molecule has 0 saturated carbocycles. The summed E-state index contributed by atoms with van der Waals surface area (Å²) < 4.78 is 2.15. The molecular formula is C16H19N3. The zero-order valence-corrected chi connectivity index (χ0v) is 11.4. The van der Waals surface area contributed by atoms with E-state index in [0.717, 1.165) is 18.7 Å². The van der Waals surface area contributed by atoms with Crippen LogP contribution in [0.1, 0.15) is 30.5 Å². The third-order valence-corrected chi connectivity index (χ3v) is 2.95. The van der Waals surface area contributed by atoms with Crippen molar-refractivity contribution in [2.24, 2.45) is 0 Å². The third kappa shape index (κ3) is 3.97. The first-order chi connectivity index (χ1) is 9.17. The second-order valence-corrected chi connectivity index (χ2v) is 5.04. The van der Waals surface area contributed by atoms with Crippen LogP contribution in [-0.2, 0) is 13.1 Å². The van der Waals surface area contributed by atoms with Gasteiger partial charge < -0.3 is 9.88 Å². The molecule has 0 saturated heterocycles. The number of rotatable bonds is 5. The topological polar surface area (TPSA) is 40.8 Å². The van der Waals surface area contributed by atoms with Crippen LogP contribution in [0.3, 0.4) is 0 Å². The lowest BCUT2D eigenvalue weighted by atomic mass is 10.1. The SMILES string of the molecule is CC(C)NCc1ccn(Cc2cccc(C#N)c2)c1. The summed E-state index contributed by atoms with van der Waals surface area (Å²) in [5, 5.41) is 12.3. The van der Waals surface area contributed by atoms with Crippen molar-refractivity contribution in [3.63, 3.8) is 0 Å². The standard InChI is InChI=1S/C16H19N3/c1-13(2)18-10-16-6-7-19(12-16)11-15-5-3-4-14(8-15)9-17/h3-8,12-13,18H,10-11H2,1-2H3. The fourth-order valence-corrected chi connectivity index (χ4v) is 1.97. The number of hydrogen-bond donors (Lipinski definition) is 1. The molecule has 0 atom stereocenters. The molecule has 0 fully saturated rings. The summed E-state index contributed by atoms with van der Waals surface area (Å²) in [7, 11) is 0. The average Bonchev–Trinajstić information content (AvgIpc) is 2.84. The largest absolute Gasteiger partial charge is 0.350 e. The maximum Gasteiger partial charge on any atom is 0.0991 e. The van der Waals surface area contributed by atoms with Gasteiger partial charge in [-0.15, -0.1) is 0 Å². The van der Waals surface area contributed by atoms with Gasteiger partial charge in [-0.1, -0.05) is 26.0 Å².